The Morgan fingerprint density at radius 2 is 2.00 bits per heavy atom. The fourth-order valence-electron chi connectivity index (χ4n) is 2.75. The Kier molecular flexibility index (Phi) is 4.76. The molecule has 1 aromatic carbocycles. The first-order valence-electron chi connectivity index (χ1n) is 7.78. The molecular formula is C17H17ClN4O2. The maximum Gasteiger partial charge on any atom is 0.263 e. The van der Waals surface area contributed by atoms with Gasteiger partial charge in [-0.1, -0.05) is 25.5 Å². The van der Waals surface area contributed by atoms with E-state index in [1.165, 1.54) is 17.4 Å². The molecule has 1 aromatic heterocycles. The van der Waals surface area contributed by atoms with Gasteiger partial charge in [-0.05, 0) is 18.6 Å². The van der Waals surface area contributed by atoms with E-state index in [4.69, 9.17) is 11.6 Å². The molecule has 0 radical (unpaired) electrons. The average Bonchev–Trinajstić information content (AvgIpc) is 2.72. The standard InChI is InChI=1S/C17H17ClN4O2/c1-2-3-8-21-13-6-4-5-7-14(13)22(15(23)9-18)16-12(17(21)24)10-19-11-20-16/h4-7,10-11H,2-3,8-9H2,1H3. The first-order chi connectivity index (χ1) is 11.7. The topological polar surface area (TPSA) is 66.4 Å². The van der Waals surface area contributed by atoms with Crippen LogP contribution in [0, 0.1) is 0 Å². The van der Waals surface area contributed by atoms with E-state index in [0.717, 1.165) is 12.8 Å². The zero-order valence-electron chi connectivity index (χ0n) is 13.3. The van der Waals surface area contributed by atoms with E-state index < -0.39 is 0 Å². The number of carbonyl (C=O) groups excluding carboxylic acids is 2. The van der Waals surface area contributed by atoms with Crippen molar-refractivity contribution in [2.75, 3.05) is 22.2 Å². The number of benzene rings is 1. The largest absolute Gasteiger partial charge is 0.306 e. The van der Waals surface area contributed by atoms with Crippen molar-refractivity contribution in [1.29, 1.82) is 0 Å². The Morgan fingerprint density at radius 1 is 1.25 bits per heavy atom. The second-order valence-electron chi connectivity index (χ2n) is 5.42. The Hall–Kier alpha value is -2.47. The molecule has 2 aromatic rings. The van der Waals surface area contributed by atoms with Gasteiger partial charge in [0.2, 0.25) is 5.91 Å². The number of amides is 2. The summed E-state index contributed by atoms with van der Waals surface area (Å²) in [6, 6.07) is 7.29. The molecule has 0 saturated carbocycles. The van der Waals surface area contributed by atoms with Gasteiger partial charge in [0.1, 0.15) is 17.8 Å². The number of halogens is 1. The number of carbonyl (C=O) groups is 2. The van der Waals surface area contributed by atoms with Crippen LogP contribution in [0.1, 0.15) is 30.1 Å². The number of anilines is 3. The average molecular weight is 345 g/mol. The summed E-state index contributed by atoms with van der Waals surface area (Å²) in [6.07, 6.45) is 4.58. The van der Waals surface area contributed by atoms with Crippen LogP contribution < -0.4 is 9.80 Å². The van der Waals surface area contributed by atoms with Crippen molar-refractivity contribution in [3.63, 3.8) is 0 Å². The van der Waals surface area contributed by atoms with Crippen LogP contribution >= 0.6 is 11.6 Å². The van der Waals surface area contributed by atoms with Gasteiger partial charge < -0.3 is 4.90 Å². The van der Waals surface area contributed by atoms with Crippen LogP contribution in [0.3, 0.4) is 0 Å². The molecule has 6 nitrogen and oxygen atoms in total. The third-order valence-corrected chi connectivity index (χ3v) is 4.12. The smallest absolute Gasteiger partial charge is 0.263 e. The molecule has 24 heavy (non-hydrogen) atoms. The Labute approximate surface area is 145 Å². The van der Waals surface area contributed by atoms with E-state index in [-0.39, 0.29) is 23.5 Å². The monoisotopic (exact) mass is 344 g/mol. The van der Waals surface area contributed by atoms with E-state index in [0.29, 0.717) is 23.5 Å². The lowest BCUT2D eigenvalue weighted by atomic mass is 10.2. The van der Waals surface area contributed by atoms with Gasteiger partial charge in [-0.2, -0.15) is 0 Å². The minimum absolute atomic E-state index is 0.207. The van der Waals surface area contributed by atoms with Crippen LogP contribution in [0.2, 0.25) is 0 Å². The highest BCUT2D eigenvalue weighted by atomic mass is 35.5. The van der Waals surface area contributed by atoms with Gasteiger partial charge in [0.15, 0.2) is 5.82 Å². The normalized spacial score (nSPS) is 13.3. The van der Waals surface area contributed by atoms with E-state index in [9.17, 15) is 9.59 Å². The zero-order chi connectivity index (χ0) is 17.1. The highest BCUT2D eigenvalue weighted by Crippen LogP contribution is 2.39. The highest BCUT2D eigenvalue weighted by Gasteiger charge is 2.34. The maximum absolute atomic E-state index is 13.0. The molecule has 0 aliphatic carbocycles. The summed E-state index contributed by atoms with van der Waals surface area (Å²) < 4.78 is 0. The van der Waals surface area contributed by atoms with Crippen molar-refractivity contribution in [3.05, 3.63) is 42.4 Å². The summed E-state index contributed by atoms with van der Waals surface area (Å²) >= 11 is 5.79. The van der Waals surface area contributed by atoms with Crippen molar-refractivity contribution in [2.45, 2.75) is 19.8 Å². The van der Waals surface area contributed by atoms with Crippen molar-refractivity contribution in [3.8, 4) is 0 Å². The second kappa shape index (κ2) is 6.97. The third kappa shape index (κ3) is 2.73. The lowest BCUT2D eigenvalue weighted by Gasteiger charge is -2.24. The Bertz CT molecular complexity index is 781. The number of alkyl halides is 1. The van der Waals surface area contributed by atoms with Crippen molar-refractivity contribution >= 4 is 40.6 Å². The molecule has 1 aliphatic heterocycles. The number of hydrogen-bond donors (Lipinski definition) is 0. The fourth-order valence-corrected chi connectivity index (χ4v) is 2.87. The molecule has 0 atom stereocenters. The van der Waals surface area contributed by atoms with Crippen molar-refractivity contribution in [1.82, 2.24) is 9.97 Å². The van der Waals surface area contributed by atoms with Crippen LogP contribution in [0.25, 0.3) is 0 Å². The van der Waals surface area contributed by atoms with Gasteiger partial charge in [0.25, 0.3) is 5.91 Å². The number of fused-ring (bicyclic) bond motifs is 2. The molecule has 0 unspecified atom stereocenters. The summed E-state index contributed by atoms with van der Waals surface area (Å²) in [7, 11) is 0. The molecule has 0 N–H and O–H groups in total. The highest BCUT2D eigenvalue weighted by molar-refractivity contribution is 6.31. The van der Waals surface area contributed by atoms with Gasteiger partial charge in [0.05, 0.1) is 11.4 Å². The van der Waals surface area contributed by atoms with E-state index in [1.807, 2.05) is 18.2 Å². The Morgan fingerprint density at radius 3 is 2.71 bits per heavy atom. The summed E-state index contributed by atoms with van der Waals surface area (Å²) in [5.74, 6) is -0.487. The molecule has 0 spiro atoms. The van der Waals surface area contributed by atoms with E-state index in [1.54, 1.807) is 11.0 Å². The first kappa shape index (κ1) is 16.4. The maximum atomic E-state index is 13.0. The predicted octanol–water partition coefficient (Wildman–Crippen LogP) is 3.14. The lowest BCUT2D eigenvalue weighted by molar-refractivity contribution is -0.115. The molecule has 7 heteroatoms. The van der Waals surface area contributed by atoms with E-state index in [2.05, 4.69) is 16.9 Å². The lowest BCUT2D eigenvalue weighted by Crippen LogP contribution is -2.31. The van der Waals surface area contributed by atoms with Crippen molar-refractivity contribution < 1.29 is 9.59 Å². The van der Waals surface area contributed by atoms with E-state index >= 15 is 0 Å². The number of para-hydroxylation sites is 2. The van der Waals surface area contributed by atoms with Crippen LogP contribution in [0.4, 0.5) is 17.2 Å². The quantitative estimate of drug-likeness (QED) is 0.799. The van der Waals surface area contributed by atoms with Crippen LogP contribution in [-0.2, 0) is 4.79 Å². The third-order valence-electron chi connectivity index (χ3n) is 3.89. The number of nitrogens with zero attached hydrogens (tertiary/aromatic N) is 4. The van der Waals surface area contributed by atoms with Gasteiger partial charge in [0, 0.05) is 12.7 Å². The van der Waals surface area contributed by atoms with Gasteiger partial charge in [-0.3, -0.25) is 14.5 Å². The first-order valence-corrected chi connectivity index (χ1v) is 8.32. The molecule has 0 fully saturated rings. The predicted molar refractivity (Wildman–Crippen MR) is 92.9 cm³/mol. The number of unbranched alkanes of at least 4 members (excludes halogenated alkanes) is 1. The van der Waals surface area contributed by atoms with Gasteiger partial charge in [-0.25, -0.2) is 9.97 Å². The summed E-state index contributed by atoms with van der Waals surface area (Å²) in [4.78, 5) is 36.7. The molecule has 0 saturated heterocycles. The Balaban J connectivity index is 2.25. The molecule has 3 rings (SSSR count). The fraction of sp³-hybridized carbons (Fsp3) is 0.294. The number of aromatic nitrogens is 2. The molecular weight excluding hydrogens is 328 g/mol. The molecule has 124 valence electrons. The molecule has 1 aliphatic rings. The number of rotatable bonds is 4. The zero-order valence-corrected chi connectivity index (χ0v) is 14.0. The second-order valence-corrected chi connectivity index (χ2v) is 5.69. The molecule has 2 amide bonds. The molecule has 0 bridgehead atoms. The summed E-state index contributed by atoms with van der Waals surface area (Å²) in [6.45, 7) is 2.62. The van der Waals surface area contributed by atoms with Crippen LogP contribution in [0.15, 0.2) is 36.8 Å². The minimum atomic E-state index is -0.339. The van der Waals surface area contributed by atoms with Crippen LogP contribution in [-0.4, -0.2) is 34.2 Å². The minimum Gasteiger partial charge on any atom is -0.306 e. The van der Waals surface area contributed by atoms with Crippen LogP contribution in [0.5, 0.6) is 0 Å². The summed E-state index contributed by atoms with van der Waals surface area (Å²) in [5.41, 5.74) is 1.57. The molecule has 2 heterocycles. The summed E-state index contributed by atoms with van der Waals surface area (Å²) in [5, 5.41) is 0. The van der Waals surface area contributed by atoms with Crippen molar-refractivity contribution in [2.24, 2.45) is 0 Å². The number of hydrogen-bond acceptors (Lipinski definition) is 4. The van der Waals surface area contributed by atoms with Gasteiger partial charge >= 0.3 is 0 Å². The SMILES string of the molecule is CCCCN1C(=O)c2cncnc2N(C(=O)CCl)c2ccccc21. The van der Waals surface area contributed by atoms with Gasteiger partial charge in [-0.15, -0.1) is 11.6 Å².